The lowest BCUT2D eigenvalue weighted by molar-refractivity contribution is 0.215. The molecule has 0 radical (unpaired) electrons. The molecule has 28 heavy (non-hydrogen) atoms. The molecule has 0 rings (SSSR count). The van der Waals surface area contributed by atoms with E-state index in [1.807, 2.05) is 0 Å². The fourth-order valence-electron chi connectivity index (χ4n) is 2.90. The Hall–Kier alpha value is -0.160. The predicted molar refractivity (Wildman–Crippen MR) is 113 cm³/mol. The van der Waals surface area contributed by atoms with E-state index in [-0.39, 0.29) is 0 Å². The Morgan fingerprint density at radius 1 is 0.750 bits per heavy atom. The molecule has 2 atom stereocenters. The van der Waals surface area contributed by atoms with Crippen LogP contribution in [0.15, 0.2) is 12.3 Å². The van der Waals surface area contributed by atoms with Gasteiger partial charge in [-0.25, -0.2) is 4.57 Å². The van der Waals surface area contributed by atoms with Crippen LogP contribution in [0.3, 0.4) is 0 Å². The van der Waals surface area contributed by atoms with Gasteiger partial charge in [-0.15, -0.1) is 0 Å². The van der Waals surface area contributed by atoms with Crippen LogP contribution in [0.25, 0.3) is 0 Å². The number of aliphatic hydroxyl groups excluding tert-OH is 1. The third-order valence-corrected chi connectivity index (χ3v) is 8.01. The molecular formula is C19H40O7P2. The molecule has 2 unspecified atom stereocenters. The van der Waals surface area contributed by atoms with Crippen molar-refractivity contribution in [3.8, 4) is 0 Å². The topological polar surface area (TPSA) is 124 Å². The van der Waals surface area contributed by atoms with Crippen LogP contribution in [0.5, 0.6) is 0 Å². The number of aliphatic hydroxyl groups is 1. The smallest absolute Gasteiger partial charge is 0.416 e. The first-order chi connectivity index (χ1) is 13.2. The molecular weight excluding hydrogens is 402 g/mol. The first kappa shape index (κ1) is 27.8. The van der Waals surface area contributed by atoms with E-state index < -0.39 is 20.8 Å². The lowest BCUT2D eigenvalue weighted by atomic mass is 10.0. The molecule has 0 aromatic carbocycles. The highest BCUT2D eigenvalue weighted by molar-refractivity contribution is 7.70. The van der Waals surface area contributed by atoms with E-state index in [4.69, 9.17) is 14.9 Å². The summed E-state index contributed by atoms with van der Waals surface area (Å²) >= 11 is 0. The molecule has 9 heteroatoms. The van der Waals surface area contributed by atoms with Crippen molar-refractivity contribution in [3.05, 3.63) is 12.3 Å². The summed E-state index contributed by atoms with van der Waals surface area (Å²) in [5, 5.41) is 9.11. The summed E-state index contributed by atoms with van der Waals surface area (Å²) in [6.07, 6.45) is 20.9. The molecule has 0 aliphatic heterocycles. The minimum absolute atomic E-state index is 0.643. The van der Waals surface area contributed by atoms with Crippen molar-refractivity contribution in [1.82, 2.24) is 0 Å². The van der Waals surface area contributed by atoms with Gasteiger partial charge in [0.25, 0.3) is 5.59 Å². The Balaban J connectivity index is 3.47. The van der Waals surface area contributed by atoms with Crippen molar-refractivity contribution in [3.63, 3.8) is 0 Å². The summed E-state index contributed by atoms with van der Waals surface area (Å²) < 4.78 is 26.7. The highest BCUT2D eigenvalue weighted by Crippen LogP contribution is 2.61. The van der Waals surface area contributed by atoms with Crippen molar-refractivity contribution in [2.75, 3.05) is 0 Å². The maximum Gasteiger partial charge on any atom is 0.416 e. The Bertz CT molecular complexity index is 491. The van der Waals surface area contributed by atoms with Gasteiger partial charge in [-0.1, -0.05) is 90.4 Å². The molecule has 0 aliphatic rings. The van der Waals surface area contributed by atoms with Gasteiger partial charge in [0.1, 0.15) is 0 Å². The van der Waals surface area contributed by atoms with Crippen molar-refractivity contribution in [2.24, 2.45) is 0 Å². The monoisotopic (exact) mass is 442 g/mol. The number of rotatable bonds is 19. The number of allylic oxidation sites excluding steroid dienone is 1. The molecule has 168 valence electrons. The summed E-state index contributed by atoms with van der Waals surface area (Å²) in [5.74, 6) is 0. The van der Waals surface area contributed by atoms with Gasteiger partial charge in [0.05, 0.1) is 6.26 Å². The van der Waals surface area contributed by atoms with Gasteiger partial charge in [-0.3, -0.25) is 4.57 Å². The van der Waals surface area contributed by atoms with E-state index in [1.165, 1.54) is 76.7 Å². The number of hydrogen-bond acceptors (Lipinski definition) is 4. The number of hydrogen-bond donors (Lipinski definition) is 4. The molecule has 0 aromatic heterocycles. The van der Waals surface area contributed by atoms with Gasteiger partial charge in [0.2, 0.25) is 0 Å². The van der Waals surface area contributed by atoms with Crippen molar-refractivity contribution >= 4 is 15.2 Å². The Morgan fingerprint density at radius 2 is 1.14 bits per heavy atom. The maximum absolute atomic E-state index is 11.5. The summed E-state index contributed by atoms with van der Waals surface area (Å²) in [6, 6.07) is 0. The van der Waals surface area contributed by atoms with Crippen LogP contribution in [0.2, 0.25) is 0 Å². The molecule has 4 N–H and O–H groups in total. The van der Waals surface area contributed by atoms with Crippen LogP contribution in [0, 0.1) is 0 Å². The van der Waals surface area contributed by atoms with E-state index in [0.29, 0.717) is 6.42 Å². The molecule has 0 aliphatic carbocycles. The van der Waals surface area contributed by atoms with Crippen LogP contribution in [0.4, 0.5) is 0 Å². The van der Waals surface area contributed by atoms with Crippen molar-refractivity contribution in [2.45, 2.75) is 109 Å². The second-order valence-corrected chi connectivity index (χ2v) is 11.3. The first-order valence-corrected chi connectivity index (χ1v) is 13.9. The third kappa shape index (κ3) is 15.7. The summed E-state index contributed by atoms with van der Waals surface area (Å²) in [4.78, 5) is 26.7. The van der Waals surface area contributed by atoms with Crippen LogP contribution in [-0.4, -0.2) is 25.4 Å². The van der Waals surface area contributed by atoms with E-state index >= 15 is 0 Å². The normalized spacial score (nSPS) is 15.6. The summed E-state index contributed by atoms with van der Waals surface area (Å²) in [7, 11) is -9.88. The quantitative estimate of drug-likeness (QED) is 0.109. The maximum atomic E-state index is 11.5. The lowest BCUT2D eigenvalue weighted by Gasteiger charge is -2.17. The zero-order valence-corrected chi connectivity index (χ0v) is 19.0. The summed E-state index contributed by atoms with van der Waals surface area (Å²) in [6.45, 7) is 2.24. The third-order valence-electron chi connectivity index (χ3n) is 4.63. The fourth-order valence-corrected chi connectivity index (χ4v) is 4.95. The second kappa shape index (κ2) is 16.6. The number of unbranched alkanes of at least 4 members (excludes halogenated alkanes) is 14. The highest BCUT2D eigenvalue weighted by atomic mass is 31.2. The predicted octanol–water partition coefficient (Wildman–Crippen LogP) is 6.03. The minimum atomic E-state index is -5.09. The molecule has 0 fully saturated rings. The first-order valence-electron chi connectivity index (χ1n) is 10.6. The van der Waals surface area contributed by atoms with Gasteiger partial charge in [-0.2, -0.15) is 0 Å². The van der Waals surface area contributed by atoms with Crippen molar-refractivity contribution < 1.29 is 33.4 Å². The van der Waals surface area contributed by atoms with Crippen LogP contribution < -0.4 is 0 Å². The zero-order valence-electron chi connectivity index (χ0n) is 17.2. The van der Waals surface area contributed by atoms with Gasteiger partial charge < -0.3 is 24.3 Å². The van der Waals surface area contributed by atoms with Crippen LogP contribution in [-0.2, 0) is 13.7 Å². The molecule has 0 heterocycles. The van der Waals surface area contributed by atoms with Gasteiger partial charge >= 0.3 is 15.2 Å². The van der Waals surface area contributed by atoms with Crippen LogP contribution >= 0.6 is 15.2 Å². The Kier molecular flexibility index (Phi) is 16.5. The van der Waals surface area contributed by atoms with E-state index in [9.17, 15) is 14.0 Å². The standard InChI is InChI=1S/C19H40O7P2/c1-2-3-4-5-6-7-8-9-10-11-12-13-14-15-16-17-18-26-28(24,25)19(20)27(21,22)23/h17-20H,2-16H2,1H3,(H,24,25)(H2,21,22,23)/b18-17+. The Morgan fingerprint density at radius 3 is 1.54 bits per heavy atom. The van der Waals surface area contributed by atoms with Gasteiger partial charge in [0, 0.05) is 0 Å². The largest absolute Gasteiger partial charge is 0.431 e. The molecule has 0 amide bonds. The van der Waals surface area contributed by atoms with E-state index in [0.717, 1.165) is 25.5 Å². The van der Waals surface area contributed by atoms with Gasteiger partial charge in [-0.05, 0) is 18.9 Å². The molecule has 0 aromatic rings. The van der Waals surface area contributed by atoms with Crippen LogP contribution in [0.1, 0.15) is 103 Å². The van der Waals surface area contributed by atoms with Gasteiger partial charge in [0.15, 0.2) is 0 Å². The second-order valence-electron chi connectivity index (χ2n) is 7.36. The highest BCUT2D eigenvalue weighted by Gasteiger charge is 2.44. The zero-order chi connectivity index (χ0) is 21.3. The Labute approximate surface area is 170 Å². The molecule has 0 saturated heterocycles. The van der Waals surface area contributed by atoms with E-state index in [2.05, 4.69) is 11.4 Å². The average Bonchev–Trinajstić information content (AvgIpc) is 2.62. The fraction of sp³-hybridized carbons (Fsp3) is 0.895. The molecule has 0 bridgehead atoms. The molecule has 0 spiro atoms. The minimum Gasteiger partial charge on any atom is -0.431 e. The lowest BCUT2D eigenvalue weighted by Crippen LogP contribution is -2.08. The molecule has 7 nitrogen and oxygen atoms in total. The van der Waals surface area contributed by atoms with E-state index in [1.54, 1.807) is 0 Å². The average molecular weight is 442 g/mol. The SMILES string of the molecule is CCCCCCCCCCCCCCCC/C=C/OP(=O)(O)C(O)P(=O)(O)O. The summed E-state index contributed by atoms with van der Waals surface area (Å²) in [5.41, 5.74) is -2.72. The van der Waals surface area contributed by atoms with Crippen molar-refractivity contribution in [1.29, 1.82) is 0 Å². The molecule has 0 saturated carbocycles.